The lowest BCUT2D eigenvalue weighted by atomic mass is 10.1. The van der Waals surface area contributed by atoms with E-state index in [0.717, 1.165) is 21.0 Å². The number of hydrogen-bond acceptors (Lipinski definition) is 4. The van der Waals surface area contributed by atoms with E-state index in [9.17, 15) is 0 Å². The number of nitrogens with one attached hydrogen (secondary N) is 1. The van der Waals surface area contributed by atoms with Crippen molar-refractivity contribution in [1.29, 1.82) is 5.41 Å². The smallest absolute Gasteiger partial charge is 0.123 e. The van der Waals surface area contributed by atoms with Gasteiger partial charge in [-0.05, 0) is 36.8 Å². The van der Waals surface area contributed by atoms with E-state index in [0.29, 0.717) is 0 Å². The van der Waals surface area contributed by atoms with Crippen LogP contribution in [-0.2, 0) is 0 Å². The van der Waals surface area contributed by atoms with Crippen LogP contribution >= 0.6 is 11.8 Å². The van der Waals surface area contributed by atoms with Gasteiger partial charge in [0.05, 0.1) is 0 Å². The Morgan fingerprint density at radius 1 is 1.35 bits per heavy atom. The van der Waals surface area contributed by atoms with Gasteiger partial charge >= 0.3 is 0 Å². The Morgan fingerprint density at radius 3 is 2.76 bits per heavy atom. The minimum Gasteiger partial charge on any atom is -0.384 e. The molecule has 1 aromatic carbocycles. The molecule has 0 amide bonds. The number of hydrogen-bond donors (Lipinski definition) is 2. The van der Waals surface area contributed by atoms with Crippen LogP contribution in [0.15, 0.2) is 46.7 Å². The van der Waals surface area contributed by atoms with E-state index >= 15 is 0 Å². The molecule has 0 saturated carbocycles. The number of aromatic nitrogens is 2. The number of rotatable bonds is 3. The first-order chi connectivity index (χ1) is 8.16. The van der Waals surface area contributed by atoms with E-state index in [4.69, 9.17) is 11.1 Å². The maximum absolute atomic E-state index is 7.42. The summed E-state index contributed by atoms with van der Waals surface area (Å²) in [5.41, 5.74) is 7.24. The van der Waals surface area contributed by atoms with E-state index in [1.54, 1.807) is 18.0 Å². The second-order valence-electron chi connectivity index (χ2n) is 3.54. The van der Waals surface area contributed by atoms with Crippen LogP contribution in [0.1, 0.15) is 11.1 Å². The van der Waals surface area contributed by atoms with Gasteiger partial charge in [-0.1, -0.05) is 11.8 Å². The molecular weight excluding hydrogens is 232 g/mol. The molecule has 5 heteroatoms. The quantitative estimate of drug-likeness (QED) is 0.493. The van der Waals surface area contributed by atoms with Crippen molar-refractivity contribution in [3.05, 3.63) is 47.9 Å². The zero-order chi connectivity index (χ0) is 12.3. The molecule has 0 unspecified atom stereocenters. The monoisotopic (exact) mass is 244 g/mol. The SMILES string of the molecule is Cc1cc(Sc2ccncn2)ccc1C(=N)N. The van der Waals surface area contributed by atoms with Crippen molar-refractivity contribution in [3.63, 3.8) is 0 Å². The molecule has 2 aromatic rings. The summed E-state index contributed by atoms with van der Waals surface area (Å²) in [6.07, 6.45) is 3.24. The molecular formula is C12H12N4S. The van der Waals surface area contributed by atoms with E-state index in [1.165, 1.54) is 6.33 Å². The van der Waals surface area contributed by atoms with E-state index in [2.05, 4.69) is 9.97 Å². The average Bonchev–Trinajstić information content (AvgIpc) is 2.30. The summed E-state index contributed by atoms with van der Waals surface area (Å²) in [4.78, 5) is 9.09. The third-order valence-corrected chi connectivity index (χ3v) is 3.21. The standard InChI is InChI=1S/C12H12N4S/c1-8-6-9(2-3-10(8)12(13)14)17-11-4-5-15-7-16-11/h2-7H,1H3,(H3,13,14). The molecule has 0 aliphatic rings. The third kappa shape index (κ3) is 2.82. The zero-order valence-electron chi connectivity index (χ0n) is 9.34. The second-order valence-corrected chi connectivity index (χ2v) is 4.63. The van der Waals surface area contributed by atoms with Crippen molar-refractivity contribution >= 4 is 17.6 Å². The van der Waals surface area contributed by atoms with Gasteiger partial charge in [0.2, 0.25) is 0 Å². The Kier molecular flexibility index (Phi) is 3.39. The van der Waals surface area contributed by atoms with Crippen molar-refractivity contribution in [2.75, 3.05) is 0 Å². The van der Waals surface area contributed by atoms with Gasteiger partial charge < -0.3 is 5.73 Å². The number of nitrogens with two attached hydrogens (primary N) is 1. The molecule has 0 spiro atoms. The van der Waals surface area contributed by atoms with Gasteiger partial charge in [-0.2, -0.15) is 0 Å². The predicted molar refractivity (Wildman–Crippen MR) is 68.4 cm³/mol. The summed E-state index contributed by atoms with van der Waals surface area (Å²) in [7, 11) is 0. The highest BCUT2D eigenvalue weighted by Gasteiger charge is 2.04. The lowest BCUT2D eigenvalue weighted by molar-refractivity contribution is 1.05. The van der Waals surface area contributed by atoms with Crippen molar-refractivity contribution in [2.24, 2.45) is 5.73 Å². The summed E-state index contributed by atoms with van der Waals surface area (Å²) in [5.74, 6) is 0.0982. The van der Waals surface area contributed by atoms with Crippen LogP contribution < -0.4 is 5.73 Å². The van der Waals surface area contributed by atoms with E-state index in [1.807, 2.05) is 31.2 Å². The molecule has 17 heavy (non-hydrogen) atoms. The molecule has 86 valence electrons. The fourth-order valence-electron chi connectivity index (χ4n) is 1.46. The van der Waals surface area contributed by atoms with Crippen LogP contribution in [0.5, 0.6) is 0 Å². The maximum Gasteiger partial charge on any atom is 0.123 e. The number of benzene rings is 1. The minimum atomic E-state index is 0.0982. The Balaban J connectivity index is 2.24. The molecule has 0 aliphatic carbocycles. The minimum absolute atomic E-state index is 0.0982. The van der Waals surface area contributed by atoms with Crippen molar-refractivity contribution in [2.45, 2.75) is 16.8 Å². The van der Waals surface area contributed by atoms with Crippen molar-refractivity contribution < 1.29 is 0 Å². The topological polar surface area (TPSA) is 75.7 Å². The molecule has 0 bridgehead atoms. The van der Waals surface area contributed by atoms with E-state index in [-0.39, 0.29) is 5.84 Å². The summed E-state index contributed by atoms with van der Waals surface area (Å²) in [5, 5.41) is 8.32. The number of aryl methyl sites for hydroxylation is 1. The van der Waals surface area contributed by atoms with Crippen LogP contribution in [0.25, 0.3) is 0 Å². The highest BCUT2D eigenvalue weighted by Crippen LogP contribution is 2.26. The number of amidine groups is 1. The third-order valence-electron chi connectivity index (χ3n) is 2.27. The van der Waals surface area contributed by atoms with Gasteiger partial charge in [0.1, 0.15) is 17.2 Å². The fourth-order valence-corrected chi connectivity index (χ4v) is 2.30. The molecule has 0 fully saturated rings. The van der Waals surface area contributed by atoms with Crippen LogP contribution in [-0.4, -0.2) is 15.8 Å². The highest BCUT2D eigenvalue weighted by molar-refractivity contribution is 7.99. The maximum atomic E-state index is 7.42. The summed E-state index contributed by atoms with van der Waals surface area (Å²) in [6, 6.07) is 7.67. The summed E-state index contributed by atoms with van der Waals surface area (Å²) in [6.45, 7) is 1.95. The van der Waals surface area contributed by atoms with Crippen molar-refractivity contribution in [3.8, 4) is 0 Å². The van der Waals surface area contributed by atoms with Crippen LogP contribution in [0.2, 0.25) is 0 Å². The van der Waals surface area contributed by atoms with Gasteiger partial charge in [0.25, 0.3) is 0 Å². The van der Waals surface area contributed by atoms with Crippen molar-refractivity contribution in [1.82, 2.24) is 9.97 Å². The molecule has 0 atom stereocenters. The van der Waals surface area contributed by atoms with E-state index < -0.39 is 0 Å². The molecule has 2 rings (SSSR count). The summed E-state index contributed by atoms with van der Waals surface area (Å²) < 4.78 is 0. The Hall–Kier alpha value is -1.88. The number of nitrogens with zero attached hydrogens (tertiary/aromatic N) is 2. The largest absolute Gasteiger partial charge is 0.384 e. The molecule has 0 saturated heterocycles. The second kappa shape index (κ2) is 4.97. The first kappa shape index (κ1) is 11.6. The fraction of sp³-hybridized carbons (Fsp3) is 0.0833. The molecule has 1 aromatic heterocycles. The molecule has 4 nitrogen and oxygen atoms in total. The first-order valence-corrected chi connectivity index (χ1v) is 5.87. The normalized spacial score (nSPS) is 10.2. The lowest BCUT2D eigenvalue weighted by Gasteiger charge is -2.06. The Morgan fingerprint density at radius 2 is 2.18 bits per heavy atom. The van der Waals surface area contributed by atoms with Gasteiger partial charge in [0, 0.05) is 16.7 Å². The van der Waals surface area contributed by atoms with Crippen LogP contribution in [0.4, 0.5) is 0 Å². The Bertz CT molecular complexity index is 539. The average molecular weight is 244 g/mol. The predicted octanol–water partition coefficient (Wildman–Crippen LogP) is 2.22. The lowest BCUT2D eigenvalue weighted by Crippen LogP contribution is -2.12. The highest BCUT2D eigenvalue weighted by atomic mass is 32.2. The zero-order valence-corrected chi connectivity index (χ0v) is 10.2. The molecule has 0 radical (unpaired) electrons. The van der Waals surface area contributed by atoms with Crippen LogP contribution in [0, 0.1) is 12.3 Å². The van der Waals surface area contributed by atoms with Crippen LogP contribution in [0.3, 0.4) is 0 Å². The van der Waals surface area contributed by atoms with Gasteiger partial charge in [-0.25, -0.2) is 9.97 Å². The first-order valence-electron chi connectivity index (χ1n) is 5.06. The molecule has 1 heterocycles. The Labute approximate surface area is 104 Å². The van der Waals surface area contributed by atoms with Gasteiger partial charge in [-0.15, -0.1) is 0 Å². The molecule has 0 aliphatic heterocycles. The van der Waals surface area contributed by atoms with Gasteiger partial charge in [-0.3, -0.25) is 5.41 Å². The molecule has 3 N–H and O–H groups in total. The van der Waals surface area contributed by atoms with Gasteiger partial charge in [0.15, 0.2) is 0 Å². The number of nitrogen functional groups attached to an aromatic ring is 1. The summed E-state index contributed by atoms with van der Waals surface area (Å²) >= 11 is 1.56.